The van der Waals surface area contributed by atoms with Crippen LogP contribution in [0.15, 0.2) is 27.5 Å². The zero-order valence-electron chi connectivity index (χ0n) is 13.9. The third kappa shape index (κ3) is 3.39. The molecular weight excluding hydrogens is 332 g/mol. The van der Waals surface area contributed by atoms with Gasteiger partial charge in [0.2, 0.25) is 6.04 Å². The molecule has 0 saturated heterocycles. The number of hydrogen-bond donors (Lipinski definition) is 2. The highest BCUT2D eigenvalue weighted by atomic mass is 16.7. The van der Waals surface area contributed by atoms with Crippen LogP contribution in [-0.4, -0.2) is 28.1 Å². The van der Waals surface area contributed by atoms with Crippen LogP contribution in [0.5, 0.6) is 5.75 Å². The smallest absolute Gasteiger partial charge is 0.374 e. The van der Waals surface area contributed by atoms with Gasteiger partial charge >= 0.3 is 17.7 Å². The molecule has 9 heteroatoms. The van der Waals surface area contributed by atoms with Gasteiger partial charge in [-0.25, -0.2) is 9.59 Å². The van der Waals surface area contributed by atoms with Crippen LogP contribution >= 0.6 is 0 Å². The normalized spacial score (nSPS) is 12.3. The molecule has 0 aliphatic rings. The summed E-state index contributed by atoms with van der Waals surface area (Å²) < 4.78 is 4.89. The van der Waals surface area contributed by atoms with E-state index in [-0.39, 0.29) is 28.2 Å². The fourth-order valence-electron chi connectivity index (χ4n) is 2.61. The third-order valence-corrected chi connectivity index (χ3v) is 3.65. The molecule has 0 aliphatic heterocycles. The molecule has 2 N–H and O–H groups in total. The minimum atomic E-state index is -1.41. The number of carboxylic acids is 1. The van der Waals surface area contributed by atoms with Crippen LogP contribution in [0, 0.1) is 11.1 Å². The maximum Gasteiger partial charge on any atom is 0.374 e. The standard InChI is InChI=1S/C16H18N2O7/c1-8(2)7-11(16(22)23)17(9(3)19)15-13(21)10-5-4-6-12(20)14(10)25-18(15)24/h4-6,8,11,20H,7H2,1-3H3,(H,22,23)/t11-/m0/s1. The first-order valence-electron chi connectivity index (χ1n) is 7.56. The zero-order valence-corrected chi connectivity index (χ0v) is 13.9. The van der Waals surface area contributed by atoms with Crippen molar-refractivity contribution in [3.05, 3.63) is 33.6 Å². The second kappa shape index (κ2) is 6.80. The Bertz CT molecular complexity index is 888. The number of phenols is 1. The molecule has 1 heterocycles. The summed E-state index contributed by atoms with van der Waals surface area (Å²) in [6.45, 7) is 4.56. The number of aromatic hydroxyl groups is 1. The van der Waals surface area contributed by atoms with E-state index in [4.69, 9.17) is 4.52 Å². The average molecular weight is 350 g/mol. The summed E-state index contributed by atoms with van der Waals surface area (Å²) in [5.41, 5.74) is -1.25. The summed E-state index contributed by atoms with van der Waals surface area (Å²) in [5, 5.41) is 31.3. The van der Waals surface area contributed by atoms with E-state index < -0.39 is 34.9 Å². The molecule has 2 rings (SSSR count). The molecule has 0 unspecified atom stereocenters. The van der Waals surface area contributed by atoms with Gasteiger partial charge in [-0.1, -0.05) is 19.9 Å². The molecule has 0 bridgehead atoms. The molecule has 1 amide bonds. The highest BCUT2D eigenvalue weighted by Gasteiger charge is 2.40. The molecule has 0 spiro atoms. The minimum absolute atomic E-state index is 0.0342. The van der Waals surface area contributed by atoms with Crippen molar-refractivity contribution in [3.8, 4) is 5.75 Å². The summed E-state index contributed by atoms with van der Waals surface area (Å²) >= 11 is 0. The van der Waals surface area contributed by atoms with Crippen LogP contribution < -0.4 is 15.2 Å². The topological polar surface area (TPSA) is 135 Å². The Labute approximate surface area is 142 Å². The van der Waals surface area contributed by atoms with E-state index in [1.165, 1.54) is 18.2 Å². The Balaban J connectivity index is 2.77. The van der Waals surface area contributed by atoms with E-state index in [9.17, 15) is 29.8 Å². The molecule has 0 aliphatic carbocycles. The number of carbonyl (C=O) groups is 2. The Morgan fingerprint density at radius 1 is 1.36 bits per heavy atom. The quantitative estimate of drug-likeness (QED) is 0.767. The van der Waals surface area contributed by atoms with Crippen molar-refractivity contribution < 1.29 is 29.2 Å². The van der Waals surface area contributed by atoms with Gasteiger partial charge in [0.05, 0.1) is 5.39 Å². The highest BCUT2D eigenvalue weighted by Crippen LogP contribution is 2.23. The van der Waals surface area contributed by atoms with Crippen LogP contribution in [0.3, 0.4) is 0 Å². The van der Waals surface area contributed by atoms with Crippen LogP contribution in [0.4, 0.5) is 5.82 Å². The number of amides is 1. The number of benzene rings is 1. The van der Waals surface area contributed by atoms with E-state index >= 15 is 0 Å². The fourth-order valence-corrected chi connectivity index (χ4v) is 2.61. The maximum absolute atomic E-state index is 12.7. The first-order chi connectivity index (χ1) is 11.6. The van der Waals surface area contributed by atoms with E-state index in [0.717, 1.165) is 6.92 Å². The minimum Gasteiger partial charge on any atom is -0.507 e. The van der Waals surface area contributed by atoms with E-state index in [1.807, 2.05) is 0 Å². The predicted molar refractivity (Wildman–Crippen MR) is 87.1 cm³/mol. The summed E-state index contributed by atoms with van der Waals surface area (Å²) in [6.07, 6.45) is 0.0342. The van der Waals surface area contributed by atoms with Crippen molar-refractivity contribution in [2.24, 2.45) is 5.92 Å². The van der Waals surface area contributed by atoms with Crippen molar-refractivity contribution in [2.45, 2.75) is 33.2 Å². The fraction of sp³-hybridized carbons (Fsp3) is 0.375. The van der Waals surface area contributed by atoms with Crippen molar-refractivity contribution in [1.29, 1.82) is 0 Å². The number of aromatic nitrogens is 1. The molecule has 1 aromatic carbocycles. The molecule has 2 aromatic rings. The molecule has 9 nitrogen and oxygen atoms in total. The Morgan fingerprint density at radius 3 is 2.52 bits per heavy atom. The van der Waals surface area contributed by atoms with Gasteiger partial charge < -0.3 is 19.9 Å². The Hall–Kier alpha value is -3.10. The number of anilines is 1. The monoisotopic (exact) mass is 350 g/mol. The number of para-hydroxylation sites is 1. The zero-order chi connectivity index (χ0) is 18.9. The second-order valence-electron chi connectivity index (χ2n) is 6.03. The third-order valence-electron chi connectivity index (χ3n) is 3.65. The van der Waals surface area contributed by atoms with Crippen LogP contribution in [0.1, 0.15) is 27.2 Å². The lowest BCUT2D eigenvalue weighted by Crippen LogP contribution is -2.53. The number of rotatable bonds is 5. The number of nitrogens with zero attached hydrogens (tertiary/aromatic N) is 2. The number of aliphatic carboxylic acids is 1. The van der Waals surface area contributed by atoms with E-state index in [2.05, 4.69) is 0 Å². The number of hydrogen-bond acceptors (Lipinski definition) is 6. The summed E-state index contributed by atoms with van der Waals surface area (Å²) in [6, 6.07) is 2.50. The van der Waals surface area contributed by atoms with E-state index in [0.29, 0.717) is 4.90 Å². The van der Waals surface area contributed by atoms with Gasteiger partial charge in [-0.2, -0.15) is 4.90 Å². The van der Waals surface area contributed by atoms with Gasteiger partial charge in [0, 0.05) is 13.3 Å². The van der Waals surface area contributed by atoms with Gasteiger partial charge in [0.25, 0.3) is 5.43 Å². The molecule has 0 fully saturated rings. The first-order valence-corrected chi connectivity index (χ1v) is 7.56. The molecule has 0 radical (unpaired) electrons. The van der Waals surface area contributed by atoms with Gasteiger partial charge in [-0.3, -0.25) is 4.79 Å². The average Bonchev–Trinajstić information content (AvgIpc) is 2.50. The van der Waals surface area contributed by atoms with Crippen molar-refractivity contribution >= 4 is 28.7 Å². The maximum atomic E-state index is 12.7. The largest absolute Gasteiger partial charge is 0.507 e. The van der Waals surface area contributed by atoms with Crippen molar-refractivity contribution in [2.75, 3.05) is 4.90 Å². The van der Waals surface area contributed by atoms with Gasteiger partial charge in [-0.05, 0) is 23.0 Å². The molecule has 0 saturated carbocycles. The second-order valence-corrected chi connectivity index (χ2v) is 6.03. The lowest BCUT2D eigenvalue weighted by atomic mass is 10.0. The molecule has 25 heavy (non-hydrogen) atoms. The number of carbonyl (C=O) groups excluding carboxylic acids is 1. The Kier molecular flexibility index (Phi) is 4.96. The van der Waals surface area contributed by atoms with Crippen molar-refractivity contribution in [1.82, 2.24) is 0 Å². The lowest BCUT2D eigenvalue weighted by Gasteiger charge is -2.22. The van der Waals surface area contributed by atoms with Gasteiger partial charge in [0.15, 0.2) is 0 Å². The molecular formula is C16H18N2O7. The highest BCUT2D eigenvalue weighted by molar-refractivity contribution is 5.97. The number of carboxylic acid groups (broad SMARTS) is 1. The predicted octanol–water partition coefficient (Wildman–Crippen LogP) is 0.984. The molecule has 134 valence electrons. The van der Waals surface area contributed by atoms with Crippen molar-refractivity contribution in [3.63, 3.8) is 0 Å². The first kappa shape index (κ1) is 18.2. The summed E-state index contributed by atoms with van der Waals surface area (Å²) in [5.74, 6) is -3.42. The number of fused-ring (bicyclic) bond motifs is 1. The number of phenolic OH excluding ortho intramolecular Hbond substituents is 1. The van der Waals surface area contributed by atoms with Crippen LogP contribution in [0.25, 0.3) is 11.0 Å². The van der Waals surface area contributed by atoms with Crippen LogP contribution in [-0.2, 0) is 9.59 Å². The van der Waals surface area contributed by atoms with Gasteiger partial charge in [-0.15, -0.1) is 0 Å². The SMILES string of the molecule is CC(=O)N(c1c(=O)c2cccc(O)c2o[n+]1[O-])[C@@H](CC(C)C)C(=O)O. The molecule has 1 atom stereocenters. The molecule has 1 aromatic heterocycles. The summed E-state index contributed by atoms with van der Waals surface area (Å²) in [4.78, 5) is 36.8. The summed E-state index contributed by atoms with van der Waals surface area (Å²) in [7, 11) is 0. The lowest BCUT2D eigenvalue weighted by molar-refractivity contribution is -0.782. The van der Waals surface area contributed by atoms with Crippen LogP contribution in [0.2, 0.25) is 0 Å². The van der Waals surface area contributed by atoms with E-state index in [1.54, 1.807) is 13.8 Å². The Morgan fingerprint density at radius 2 is 2.00 bits per heavy atom. The van der Waals surface area contributed by atoms with Gasteiger partial charge in [0.1, 0.15) is 11.3 Å².